The third kappa shape index (κ3) is 4.93. The fourth-order valence-corrected chi connectivity index (χ4v) is 5.26. The van der Waals surface area contributed by atoms with Crippen LogP contribution in [0.1, 0.15) is 41.6 Å². The maximum absolute atomic E-state index is 12.7. The highest BCUT2D eigenvalue weighted by Gasteiger charge is 2.23. The third-order valence-electron chi connectivity index (χ3n) is 5.51. The molecule has 1 aromatic carbocycles. The fourth-order valence-electron chi connectivity index (χ4n) is 3.86. The molecule has 0 bridgehead atoms. The maximum Gasteiger partial charge on any atom is 0.312 e. The minimum atomic E-state index is -0.584. The highest BCUT2D eigenvalue weighted by Crippen LogP contribution is 2.35. The van der Waals surface area contributed by atoms with Crippen molar-refractivity contribution in [1.82, 2.24) is 15.3 Å². The summed E-state index contributed by atoms with van der Waals surface area (Å²) in [7, 11) is 0. The normalized spacial score (nSPS) is 15.5. The monoisotopic (exact) mass is 439 g/mol. The van der Waals surface area contributed by atoms with Gasteiger partial charge in [0.25, 0.3) is 5.56 Å². The molecule has 0 aliphatic heterocycles. The molecule has 1 aliphatic carbocycles. The molecular formula is C22H25N5O3S. The van der Waals surface area contributed by atoms with Crippen LogP contribution in [-0.2, 0) is 30.6 Å². The van der Waals surface area contributed by atoms with E-state index in [1.54, 1.807) is 35.6 Å². The minimum Gasteiger partial charge on any atom is -0.352 e. The van der Waals surface area contributed by atoms with E-state index in [1.165, 1.54) is 4.88 Å². The van der Waals surface area contributed by atoms with E-state index in [9.17, 15) is 14.4 Å². The Morgan fingerprint density at radius 3 is 2.81 bits per heavy atom. The SMILES string of the molecule is CC1CCc2c(sc3nc(CCC(=O)Nc4ccc(CNC(N)=O)cc4)[nH]c(=O)c23)C1. The lowest BCUT2D eigenvalue weighted by molar-refractivity contribution is -0.116. The van der Waals surface area contributed by atoms with Crippen molar-refractivity contribution in [3.8, 4) is 0 Å². The molecule has 4 rings (SSSR count). The quantitative estimate of drug-likeness (QED) is 0.470. The number of aryl methyl sites for hydroxylation is 2. The molecule has 3 amide bonds. The number of nitrogens with two attached hydrogens (primary N) is 1. The van der Waals surface area contributed by atoms with E-state index >= 15 is 0 Å². The van der Waals surface area contributed by atoms with Crippen LogP contribution in [-0.4, -0.2) is 21.9 Å². The predicted octanol–water partition coefficient (Wildman–Crippen LogP) is 2.85. The molecule has 0 saturated carbocycles. The number of aromatic nitrogens is 2. The standard InChI is InChI=1S/C22H25N5O3S/c1-12-2-7-15-16(10-12)31-21-19(15)20(29)26-17(27-21)8-9-18(28)25-14-5-3-13(4-6-14)11-24-22(23)30/h3-6,12H,2,7-11H2,1H3,(H,25,28)(H3,23,24,30)(H,26,27,29). The number of nitrogens with zero attached hydrogens (tertiary/aromatic N) is 1. The van der Waals surface area contributed by atoms with Gasteiger partial charge in [0.15, 0.2) is 0 Å². The van der Waals surface area contributed by atoms with Crippen LogP contribution in [0, 0.1) is 5.92 Å². The summed E-state index contributed by atoms with van der Waals surface area (Å²) >= 11 is 1.61. The molecule has 9 heteroatoms. The summed E-state index contributed by atoms with van der Waals surface area (Å²) in [4.78, 5) is 45.3. The van der Waals surface area contributed by atoms with Gasteiger partial charge in [-0.1, -0.05) is 19.1 Å². The molecule has 3 aromatic rings. The molecule has 162 valence electrons. The van der Waals surface area contributed by atoms with Crippen molar-refractivity contribution in [2.75, 3.05) is 5.32 Å². The molecule has 5 N–H and O–H groups in total. The van der Waals surface area contributed by atoms with Gasteiger partial charge in [-0.15, -0.1) is 11.3 Å². The van der Waals surface area contributed by atoms with Crippen molar-refractivity contribution in [3.63, 3.8) is 0 Å². The van der Waals surface area contributed by atoms with Crippen LogP contribution in [0.2, 0.25) is 0 Å². The summed E-state index contributed by atoms with van der Waals surface area (Å²) in [6.07, 6.45) is 3.60. The molecule has 8 nitrogen and oxygen atoms in total. The summed E-state index contributed by atoms with van der Waals surface area (Å²) in [6, 6.07) is 6.55. The first-order chi connectivity index (χ1) is 14.9. The number of carbonyl (C=O) groups excluding carboxylic acids is 2. The van der Waals surface area contributed by atoms with Crippen LogP contribution < -0.4 is 21.9 Å². The van der Waals surface area contributed by atoms with E-state index in [2.05, 4.69) is 27.5 Å². The molecule has 1 unspecified atom stereocenters. The van der Waals surface area contributed by atoms with Gasteiger partial charge in [0.2, 0.25) is 5.91 Å². The molecule has 1 atom stereocenters. The second kappa shape index (κ2) is 8.89. The summed E-state index contributed by atoms with van der Waals surface area (Å²) in [5, 5.41) is 6.07. The first kappa shape index (κ1) is 21.0. The number of H-pyrrole nitrogens is 1. The number of thiophene rings is 1. The van der Waals surface area contributed by atoms with Crippen molar-refractivity contribution >= 4 is 39.2 Å². The fraction of sp³-hybridized carbons (Fsp3) is 0.364. The number of rotatable bonds is 6. The van der Waals surface area contributed by atoms with E-state index in [0.717, 1.165) is 40.6 Å². The van der Waals surface area contributed by atoms with Gasteiger partial charge < -0.3 is 21.4 Å². The van der Waals surface area contributed by atoms with Gasteiger partial charge in [-0.3, -0.25) is 9.59 Å². The molecule has 0 fully saturated rings. The number of amides is 3. The van der Waals surface area contributed by atoms with Crippen LogP contribution in [0.3, 0.4) is 0 Å². The Labute approximate surface area is 183 Å². The van der Waals surface area contributed by atoms with Crippen molar-refractivity contribution in [2.45, 2.75) is 45.6 Å². The van der Waals surface area contributed by atoms with Crippen LogP contribution >= 0.6 is 11.3 Å². The number of urea groups is 1. The number of benzene rings is 1. The summed E-state index contributed by atoms with van der Waals surface area (Å²) < 4.78 is 0. The smallest absolute Gasteiger partial charge is 0.312 e. The van der Waals surface area contributed by atoms with Crippen LogP contribution in [0.15, 0.2) is 29.1 Å². The topological polar surface area (TPSA) is 130 Å². The average Bonchev–Trinajstić information content (AvgIpc) is 3.09. The Bertz CT molecular complexity index is 1180. The number of nitrogens with one attached hydrogen (secondary N) is 3. The van der Waals surface area contributed by atoms with Crippen molar-refractivity contribution in [2.24, 2.45) is 11.7 Å². The Kier molecular flexibility index (Phi) is 6.03. The first-order valence-corrected chi connectivity index (χ1v) is 11.2. The Morgan fingerprint density at radius 1 is 1.29 bits per heavy atom. The average molecular weight is 440 g/mol. The highest BCUT2D eigenvalue weighted by molar-refractivity contribution is 7.18. The van der Waals surface area contributed by atoms with Gasteiger partial charge in [0.1, 0.15) is 10.7 Å². The van der Waals surface area contributed by atoms with Crippen LogP contribution in [0.25, 0.3) is 10.2 Å². The number of fused-ring (bicyclic) bond motifs is 3. The number of carbonyl (C=O) groups is 2. The number of hydrogen-bond acceptors (Lipinski definition) is 5. The number of aromatic amines is 1. The van der Waals surface area contributed by atoms with Gasteiger partial charge in [-0.2, -0.15) is 0 Å². The van der Waals surface area contributed by atoms with E-state index < -0.39 is 6.03 Å². The summed E-state index contributed by atoms with van der Waals surface area (Å²) in [5.74, 6) is 1.01. The lowest BCUT2D eigenvalue weighted by Crippen LogP contribution is -2.28. The summed E-state index contributed by atoms with van der Waals surface area (Å²) in [6.45, 7) is 2.57. The Balaban J connectivity index is 1.38. The molecule has 2 aromatic heterocycles. The van der Waals surface area contributed by atoms with Gasteiger partial charge in [0.05, 0.1) is 5.39 Å². The Hall–Kier alpha value is -3.20. The van der Waals surface area contributed by atoms with Crippen molar-refractivity contribution < 1.29 is 9.59 Å². The largest absolute Gasteiger partial charge is 0.352 e. The zero-order valence-corrected chi connectivity index (χ0v) is 18.1. The van der Waals surface area contributed by atoms with Gasteiger partial charge in [-0.25, -0.2) is 9.78 Å². The Morgan fingerprint density at radius 2 is 2.06 bits per heavy atom. The number of hydrogen-bond donors (Lipinski definition) is 4. The third-order valence-corrected chi connectivity index (χ3v) is 6.66. The van der Waals surface area contributed by atoms with E-state index in [0.29, 0.717) is 30.4 Å². The highest BCUT2D eigenvalue weighted by atomic mass is 32.1. The lowest BCUT2D eigenvalue weighted by Gasteiger charge is -2.17. The van der Waals surface area contributed by atoms with Crippen molar-refractivity contribution in [1.29, 1.82) is 0 Å². The molecule has 0 spiro atoms. The van der Waals surface area contributed by atoms with Gasteiger partial charge in [0, 0.05) is 30.0 Å². The zero-order chi connectivity index (χ0) is 22.0. The minimum absolute atomic E-state index is 0.104. The number of anilines is 1. The molecule has 0 radical (unpaired) electrons. The maximum atomic E-state index is 12.7. The summed E-state index contributed by atoms with van der Waals surface area (Å²) in [5.41, 5.74) is 7.64. The molecule has 31 heavy (non-hydrogen) atoms. The second-order valence-electron chi connectivity index (χ2n) is 8.01. The zero-order valence-electron chi connectivity index (χ0n) is 17.3. The second-order valence-corrected chi connectivity index (χ2v) is 9.09. The molecular weight excluding hydrogens is 414 g/mol. The van der Waals surface area contributed by atoms with E-state index in [1.807, 2.05) is 0 Å². The van der Waals surface area contributed by atoms with Gasteiger partial charge in [-0.05, 0) is 48.4 Å². The first-order valence-electron chi connectivity index (χ1n) is 10.3. The van der Waals surface area contributed by atoms with E-state index in [-0.39, 0.29) is 17.9 Å². The lowest BCUT2D eigenvalue weighted by atomic mass is 9.89. The van der Waals surface area contributed by atoms with Crippen molar-refractivity contribution in [3.05, 3.63) is 56.4 Å². The molecule has 2 heterocycles. The van der Waals surface area contributed by atoms with Gasteiger partial charge >= 0.3 is 6.03 Å². The van der Waals surface area contributed by atoms with Crippen LogP contribution in [0.4, 0.5) is 10.5 Å². The molecule has 1 aliphatic rings. The van der Waals surface area contributed by atoms with E-state index in [4.69, 9.17) is 5.73 Å². The molecule has 0 saturated heterocycles. The van der Waals surface area contributed by atoms with Crippen LogP contribution in [0.5, 0.6) is 0 Å². The number of primary amides is 1. The predicted molar refractivity (Wildman–Crippen MR) is 121 cm³/mol.